The molecule has 2 aliphatic heterocycles. The van der Waals surface area contributed by atoms with Crippen LogP contribution < -0.4 is 5.32 Å². The van der Waals surface area contributed by atoms with Crippen molar-refractivity contribution in [3.05, 3.63) is 30.3 Å². The molecule has 2 saturated heterocycles. The molecule has 2 unspecified atom stereocenters. The van der Waals surface area contributed by atoms with Gasteiger partial charge in [-0.05, 0) is 38.8 Å². The molecule has 1 N–H and O–H groups in total. The van der Waals surface area contributed by atoms with Crippen molar-refractivity contribution < 1.29 is 14.3 Å². The molecule has 0 aromatic heterocycles. The van der Waals surface area contributed by atoms with Gasteiger partial charge in [0.05, 0.1) is 12.2 Å². The predicted molar refractivity (Wildman–Crippen MR) is 96.3 cm³/mol. The second-order valence-corrected chi connectivity index (χ2v) is 7.06. The summed E-state index contributed by atoms with van der Waals surface area (Å²) in [7, 11) is 0. The van der Waals surface area contributed by atoms with Crippen molar-refractivity contribution in [1.82, 2.24) is 9.80 Å². The van der Waals surface area contributed by atoms with E-state index in [1.807, 2.05) is 49.1 Å². The van der Waals surface area contributed by atoms with Crippen molar-refractivity contribution in [1.29, 1.82) is 0 Å². The van der Waals surface area contributed by atoms with Crippen molar-refractivity contribution in [3.8, 4) is 0 Å². The molecule has 136 valence electrons. The highest BCUT2D eigenvalue weighted by Gasteiger charge is 2.33. The first-order valence-electron chi connectivity index (χ1n) is 9.08. The van der Waals surface area contributed by atoms with E-state index in [-0.39, 0.29) is 30.1 Å². The number of anilines is 1. The minimum atomic E-state index is -0.0919. The van der Waals surface area contributed by atoms with Crippen molar-refractivity contribution >= 4 is 17.6 Å². The number of hydrogen-bond donors (Lipinski definition) is 1. The Hall–Kier alpha value is -2.08. The number of urea groups is 1. The second-order valence-electron chi connectivity index (χ2n) is 7.06. The van der Waals surface area contributed by atoms with Crippen molar-refractivity contribution in [2.24, 2.45) is 5.92 Å². The first-order chi connectivity index (χ1) is 12.0. The average molecular weight is 345 g/mol. The maximum Gasteiger partial charge on any atom is 0.321 e. The number of piperidine rings is 1. The van der Waals surface area contributed by atoms with Crippen LogP contribution in [0, 0.1) is 5.92 Å². The van der Waals surface area contributed by atoms with E-state index in [2.05, 4.69) is 5.32 Å². The van der Waals surface area contributed by atoms with Gasteiger partial charge < -0.3 is 19.9 Å². The van der Waals surface area contributed by atoms with E-state index in [0.717, 1.165) is 18.5 Å². The maximum atomic E-state index is 12.8. The number of morpholine rings is 1. The molecule has 6 nitrogen and oxygen atoms in total. The van der Waals surface area contributed by atoms with Crippen LogP contribution in [-0.4, -0.2) is 60.1 Å². The largest absolute Gasteiger partial charge is 0.372 e. The highest BCUT2D eigenvalue weighted by molar-refractivity contribution is 5.89. The van der Waals surface area contributed by atoms with Gasteiger partial charge in [0.15, 0.2) is 0 Å². The predicted octanol–water partition coefficient (Wildman–Crippen LogP) is 2.57. The number of para-hydroxylation sites is 1. The van der Waals surface area contributed by atoms with Gasteiger partial charge in [0.2, 0.25) is 5.91 Å². The molecule has 3 rings (SSSR count). The minimum absolute atomic E-state index is 0.0123. The number of carbonyl (C=O) groups excluding carboxylic acids is 2. The van der Waals surface area contributed by atoms with Crippen LogP contribution in [0.4, 0.5) is 10.5 Å². The zero-order chi connectivity index (χ0) is 17.8. The lowest BCUT2D eigenvalue weighted by atomic mass is 9.95. The fraction of sp³-hybridized carbons (Fsp3) is 0.579. The molecule has 0 radical (unpaired) electrons. The summed E-state index contributed by atoms with van der Waals surface area (Å²) < 4.78 is 5.70. The highest BCUT2D eigenvalue weighted by atomic mass is 16.5. The molecule has 2 fully saturated rings. The topological polar surface area (TPSA) is 61.9 Å². The van der Waals surface area contributed by atoms with E-state index >= 15 is 0 Å². The molecule has 2 atom stereocenters. The summed E-state index contributed by atoms with van der Waals surface area (Å²) in [6.07, 6.45) is 1.62. The lowest BCUT2D eigenvalue weighted by Gasteiger charge is -2.39. The van der Waals surface area contributed by atoms with Crippen LogP contribution in [0.5, 0.6) is 0 Å². The van der Waals surface area contributed by atoms with Crippen LogP contribution in [0.15, 0.2) is 30.3 Å². The van der Waals surface area contributed by atoms with E-state index in [4.69, 9.17) is 4.74 Å². The summed E-state index contributed by atoms with van der Waals surface area (Å²) in [5, 5.41) is 2.91. The fourth-order valence-corrected chi connectivity index (χ4v) is 3.67. The van der Waals surface area contributed by atoms with Gasteiger partial charge in [-0.3, -0.25) is 4.79 Å². The second kappa shape index (κ2) is 7.87. The van der Waals surface area contributed by atoms with Crippen molar-refractivity contribution in [3.63, 3.8) is 0 Å². The molecular weight excluding hydrogens is 318 g/mol. The number of nitrogens with zero attached hydrogens (tertiary/aromatic N) is 2. The van der Waals surface area contributed by atoms with Gasteiger partial charge in [-0.1, -0.05) is 18.2 Å². The van der Waals surface area contributed by atoms with E-state index in [1.165, 1.54) is 0 Å². The van der Waals surface area contributed by atoms with Crippen molar-refractivity contribution in [2.45, 2.75) is 38.9 Å². The van der Waals surface area contributed by atoms with Gasteiger partial charge in [-0.15, -0.1) is 0 Å². The van der Waals surface area contributed by atoms with Gasteiger partial charge in [0, 0.05) is 37.8 Å². The van der Waals surface area contributed by atoms with Crippen LogP contribution in [0.25, 0.3) is 0 Å². The smallest absolute Gasteiger partial charge is 0.321 e. The zero-order valence-electron chi connectivity index (χ0n) is 15.0. The average Bonchev–Trinajstić information content (AvgIpc) is 2.61. The summed E-state index contributed by atoms with van der Waals surface area (Å²) in [4.78, 5) is 28.8. The monoisotopic (exact) mass is 345 g/mol. The van der Waals surface area contributed by atoms with E-state index in [0.29, 0.717) is 26.2 Å². The summed E-state index contributed by atoms with van der Waals surface area (Å²) in [5.41, 5.74) is 0.794. The quantitative estimate of drug-likeness (QED) is 0.896. The lowest BCUT2D eigenvalue weighted by molar-refractivity contribution is -0.148. The van der Waals surface area contributed by atoms with Crippen molar-refractivity contribution in [2.75, 3.05) is 31.5 Å². The Morgan fingerprint density at radius 3 is 2.20 bits per heavy atom. The third-order valence-corrected chi connectivity index (χ3v) is 4.89. The molecule has 25 heavy (non-hydrogen) atoms. The zero-order valence-corrected chi connectivity index (χ0v) is 15.0. The summed E-state index contributed by atoms with van der Waals surface area (Å²) in [6, 6.07) is 9.35. The third-order valence-electron chi connectivity index (χ3n) is 4.89. The van der Waals surface area contributed by atoms with Crippen LogP contribution in [0.2, 0.25) is 0 Å². The molecular formula is C19H27N3O3. The molecule has 1 aromatic carbocycles. The first-order valence-corrected chi connectivity index (χ1v) is 9.08. The number of likely N-dealkylation sites (tertiary alicyclic amines) is 1. The minimum Gasteiger partial charge on any atom is -0.372 e. The van der Waals surface area contributed by atoms with E-state index in [1.54, 1.807) is 4.90 Å². The number of rotatable bonds is 2. The van der Waals surface area contributed by atoms with E-state index in [9.17, 15) is 9.59 Å². The maximum absolute atomic E-state index is 12.8. The number of carbonyl (C=O) groups is 2. The molecule has 2 aliphatic rings. The van der Waals surface area contributed by atoms with E-state index < -0.39 is 0 Å². The number of benzene rings is 1. The molecule has 6 heteroatoms. The molecule has 0 bridgehead atoms. The SMILES string of the molecule is CC1CN(C(=O)C2CCN(C(=O)Nc3ccccc3)CC2)CC(C)O1. The number of hydrogen-bond acceptors (Lipinski definition) is 3. The van der Waals surface area contributed by atoms with Gasteiger partial charge in [-0.25, -0.2) is 4.79 Å². The molecule has 0 spiro atoms. The van der Waals surface area contributed by atoms with Crippen LogP contribution in [0.3, 0.4) is 0 Å². The Balaban J connectivity index is 1.49. The van der Waals surface area contributed by atoms with Gasteiger partial charge in [0.25, 0.3) is 0 Å². The van der Waals surface area contributed by atoms with Crippen LogP contribution in [0.1, 0.15) is 26.7 Å². The molecule has 3 amide bonds. The summed E-state index contributed by atoms with van der Waals surface area (Å²) >= 11 is 0. The Bertz CT molecular complexity index is 589. The Kier molecular flexibility index (Phi) is 5.58. The third kappa shape index (κ3) is 4.51. The highest BCUT2D eigenvalue weighted by Crippen LogP contribution is 2.22. The van der Waals surface area contributed by atoms with Crippen LogP contribution >= 0.6 is 0 Å². The van der Waals surface area contributed by atoms with Gasteiger partial charge in [0.1, 0.15) is 0 Å². The Labute approximate surface area is 149 Å². The normalized spacial score (nSPS) is 24.9. The number of amides is 3. The molecule has 0 saturated carbocycles. The lowest BCUT2D eigenvalue weighted by Crippen LogP contribution is -2.52. The molecule has 2 heterocycles. The first kappa shape index (κ1) is 17.7. The summed E-state index contributed by atoms with van der Waals surface area (Å²) in [5.74, 6) is 0.225. The van der Waals surface area contributed by atoms with Gasteiger partial charge in [-0.2, -0.15) is 0 Å². The molecule has 1 aromatic rings. The Morgan fingerprint density at radius 1 is 1.00 bits per heavy atom. The fourth-order valence-electron chi connectivity index (χ4n) is 3.67. The van der Waals surface area contributed by atoms with Crippen LogP contribution in [-0.2, 0) is 9.53 Å². The summed E-state index contributed by atoms with van der Waals surface area (Å²) in [6.45, 7) is 6.57. The van der Waals surface area contributed by atoms with Gasteiger partial charge >= 0.3 is 6.03 Å². The number of ether oxygens (including phenoxy) is 1. The Morgan fingerprint density at radius 2 is 1.60 bits per heavy atom. The molecule has 0 aliphatic carbocycles. The standard InChI is InChI=1S/C19H27N3O3/c1-14-12-22(13-15(2)25-14)18(23)16-8-10-21(11-9-16)19(24)20-17-6-4-3-5-7-17/h3-7,14-16H,8-13H2,1-2H3,(H,20,24). The number of nitrogens with one attached hydrogen (secondary N) is 1.